The van der Waals surface area contributed by atoms with Gasteiger partial charge in [0, 0.05) is 22.8 Å². The molecule has 0 amide bonds. The van der Waals surface area contributed by atoms with E-state index in [4.69, 9.17) is 5.73 Å². The maximum absolute atomic E-state index is 5.97. The number of alkyl halides is 1. The molecule has 1 heterocycles. The first kappa shape index (κ1) is 10.2. The highest BCUT2D eigenvalue weighted by Gasteiger charge is 2.03. The fourth-order valence-corrected chi connectivity index (χ4v) is 1.76. The van der Waals surface area contributed by atoms with Gasteiger partial charge in [-0.25, -0.2) is 0 Å². The summed E-state index contributed by atoms with van der Waals surface area (Å²) in [6, 6.07) is 11.9. The van der Waals surface area contributed by atoms with Gasteiger partial charge in [-0.1, -0.05) is 46.3 Å². The van der Waals surface area contributed by atoms with Gasteiger partial charge in [-0.15, -0.1) is 0 Å². The Morgan fingerprint density at radius 1 is 1.20 bits per heavy atom. The van der Waals surface area contributed by atoms with Crippen LogP contribution in [-0.2, 0) is 5.33 Å². The van der Waals surface area contributed by atoms with E-state index in [9.17, 15) is 0 Å². The van der Waals surface area contributed by atoms with E-state index in [1.54, 1.807) is 0 Å². The molecule has 2 N–H and O–H groups in total. The van der Waals surface area contributed by atoms with Crippen molar-refractivity contribution in [2.45, 2.75) is 5.33 Å². The van der Waals surface area contributed by atoms with Crippen molar-refractivity contribution in [3.8, 4) is 11.1 Å². The molecule has 0 radical (unpaired) electrons. The van der Waals surface area contributed by atoms with E-state index in [-0.39, 0.29) is 0 Å². The Labute approximate surface area is 97.3 Å². The van der Waals surface area contributed by atoms with E-state index >= 15 is 0 Å². The van der Waals surface area contributed by atoms with E-state index in [1.807, 2.05) is 42.6 Å². The van der Waals surface area contributed by atoms with Gasteiger partial charge in [0.1, 0.15) is 0 Å². The zero-order valence-electron chi connectivity index (χ0n) is 8.15. The van der Waals surface area contributed by atoms with Gasteiger partial charge in [0.2, 0.25) is 0 Å². The molecule has 1 aromatic heterocycles. The molecule has 15 heavy (non-hydrogen) atoms. The molecule has 0 aliphatic heterocycles. The summed E-state index contributed by atoms with van der Waals surface area (Å²) in [5, 5.41) is 0.728. The molecule has 0 saturated heterocycles. The molecule has 3 heteroatoms. The van der Waals surface area contributed by atoms with Gasteiger partial charge in [0.15, 0.2) is 0 Å². The van der Waals surface area contributed by atoms with Crippen LogP contribution in [0.1, 0.15) is 5.69 Å². The highest BCUT2D eigenvalue weighted by atomic mass is 79.9. The fourth-order valence-electron chi connectivity index (χ4n) is 1.45. The number of rotatable bonds is 2. The van der Waals surface area contributed by atoms with Crippen molar-refractivity contribution in [3.63, 3.8) is 0 Å². The van der Waals surface area contributed by atoms with E-state index in [2.05, 4.69) is 20.9 Å². The Morgan fingerprint density at radius 3 is 2.53 bits per heavy atom. The minimum absolute atomic E-state index is 0.728. The van der Waals surface area contributed by atoms with Crippen molar-refractivity contribution in [2.24, 2.45) is 0 Å². The highest BCUT2D eigenvalue weighted by Crippen LogP contribution is 2.25. The largest absolute Gasteiger partial charge is 0.398 e. The maximum Gasteiger partial charge on any atom is 0.0530 e. The van der Waals surface area contributed by atoms with Crippen LogP contribution in [0.5, 0.6) is 0 Å². The second-order valence-corrected chi connectivity index (χ2v) is 3.82. The smallest absolute Gasteiger partial charge is 0.0530 e. The van der Waals surface area contributed by atoms with Crippen molar-refractivity contribution in [3.05, 3.63) is 48.3 Å². The van der Waals surface area contributed by atoms with Crippen LogP contribution in [0.2, 0.25) is 0 Å². The van der Waals surface area contributed by atoms with Crippen LogP contribution in [0.25, 0.3) is 11.1 Å². The lowest BCUT2D eigenvalue weighted by Gasteiger charge is -2.06. The predicted octanol–water partition coefficient (Wildman–Crippen LogP) is 3.23. The van der Waals surface area contributed by atoms with Crippen LogP contribution >= 0.6 is 15.9 Å². The molecule has 0 spiro atoms. The monoisotopic (exact) mass is 262 g/mol. The molecule has 0 unspecified atom stereocenters. The number of aromatic nitrogens is 1. The summed E-state index contributed by atoms with van der Waals surface area (Å²) < 4.78 is 0. The Hall–Kier alpha value is -1.35. The van der Waals surface area contributed by atoms with Crippen LogP contribution in [0.3, 0.4) is 0 Å². The Balaban J connectivity index is 2.46. The zero-order chi connectivity index (χ0) is 10.7. The molecule has 2 nitrogen and oxygen atoms in total. The summed E-state index contributed by atoms with van der Waals surface area (Å²) in [5.74, 6) is 0. The standard InChI is InChI=1S/C12H11BrN2/c13-7-10-6-12(14)11(8-15-10)9-4-2-1-3-5-9/h1-6,8H,7H2,(H2,14,15). The maximum atomic E-state index is 5.97. The number of benzene rings is 1. The summed E-state index contributed by atoms with van der Waals surface area (Å²) >= 11 is 3.35. The first-order valence-corrected chi connectivity index (χ1v) is 5.79. The number of hydrogen-bond donors (Lipinski definition) is 1. The van der Waals surface area contributed by atoms with Gasteiger partial charge in [0.05, 0.1) is 5.69 Å². The molecule has 2 rings (SSSR count). The number of nitrogen functional groups attached to an aromatic ring is 1. The second kappa shape index (κ2) is 4.45. The number of hydrogen-bond acceptors (Lipinski definition) is 2. The summed E-state index contributed by atoms with van der Waals surface area (Å²) in [6.07, 6.45) is 1.82. The third kappa shape index (κ3) is 2.18. The molecule has 0 aliphatic rings. The molecular formula is C12H11BrN2. The topological polar surface area (TPSA) is 38.9 Å². The van der Waals surface area contributed by atoms with Gasteiger partial charge in [-0.2, -0.15) is 0 Å². The van der Waals surface area contributed by atoms with Gasteiger partial charge < -0.3 is 5.73 Å². The van der Waals surface area contributed by atoms with E-state index in [0.717, 1.165) is 27.8 Å². The third-order valence-corrected chi connectivity index (χ3v) is 2.79. The predicted molar refractivity (Wildman–Crippen MR) is 66.7 cm³/mol. The van der Waals surface area contributed by atoms with Crippen LogP contribution in [0.15, 0.2) is 42.6 Å². The second-order valence-electron chi connectivity index (χ2n) is 3.26. The van der Waals surface area contributed by atoms with Crippen LogP contribution < -0.4 is 5.73 Å². The normalized spacial score (nSPS) is 10.2. The number of nitrogens with two attached hydrogens (primary N) is 1. The summed E-state index contributed by atoms with van der Waals surface area (Å²) in [7, 11) is 0. The molecule has 0 aliphatic carbocycles. The molecule has 0 atom stereocenters. The molecule has 0 fully saturated rings. The van der Waals surface area contributed by atoms with Gasteiger partial charge in [-0.3, -0.25) is 4.98 Å². The lowest BCUT2D eigenvalue weighted by molar-refractivity contribution is 1.19. The first-order chi connectivity index (χ1) is 7.31. The fraction of sp³-hybridized carbons (Fsp3) is 0.0833. The minimum Gasteiger partial charge on any atom is -0.398 e. The van der Waals surface area contributed by atoms with Crippen LogP contribution in [0.4, 0.5) is 5.69 Å². The van der Waals surface area contributed by atoms with Crippen molar-refractivity contribution >= 4 is 21.6 Å². The van der Waals surface area contributed by atoms with E-state index in [1.165, 1.54) is 0 Å². The average Bonchev–Trinajstić information content (AvgIpc) is 2.30. The Kier molecular flexibility index (Phi) is 3.02. The average molecular weight is 263 g/mol. The number of anilines is 1. The van der Waals surface area contributed by atoms with E-state index < -0.39 is 0 Å². The van der Waals surface area contributed by atoms with Gasteiger partial charge in [-0.05, 0) is 11.6 Å². The summed E-state index contributed by atoms with van der Waals surface area (Å²) in [4.78, 5) is 4.31. The Bertz CT molecular complexity index is 454. The van der Waals surface area contributed by atoms with Crippen molar-refractivity contribution in [1.29, 1.82) is 0 Å². The molecule has 0 bridgehead atoms. The minimum atomic E-state index is 0.728. The third-order valence-electron chi connectivity index (χ3n) is 2.21. The van der Waals surface area contributed by atoms with Crippen LogP contribution in [-0.4, -0.2) is 4.98 Å². The molecule has 0 saturated carbocycles. The number of halogens is 1. The lowest BCUT2D eigenvalue weighted by atomic mass is 10.1. The summed E-state index contributed by atoms with van der Waals surface area (Å²) in [5.41, 5.74) is 9.78. The quantitative estimate of drug-likeness (QED) is 0.845. The van der Waals surface area contributed by atoms with Gasteiger partial charge in [0.25, 0.3) is 0 Å². The highest BCUT2D eigenvalue weighted by molar-refractivity contribution is 9.08. The SMILES string of the molecule is Nc1cc(CBr)ncc1-c1ccccc1. The zero-order valence-corrected chi connectivity index (χ0v) is 9.74. The van der Waals surface area contributed by atoms with Gasteiger partial charge >= 0.3 is 0 Å². The lowest BCUT2D eigenvalue weighted by Crippen LogP contribution is -1.94. The number of pyridine rings is 1. The molecule has 2 aromatic rings. The number of nitrogens with zero attached hydrogens (tertiary/aromatic N) is 1. The van der Waals surface area contributed by atoms with Crippen molar-refractivity contribution in [2.75, 3.05) is 5.73 Å². The van der Waals surface area contributed by atoms with Crippen molar-refractivity contribution in [1.82, 2.24) is 4.98 Å². The molecule has 76 valence electrons. The summed E-state index contributed by atoms with van der Waals surface area (Å²) in [6.45, 7) is 0. The van der Waals surface area contributed by atoms with E-state index in [0.29, 0.717) is 0 Å². The first-order valence-electron chi connectivity index (χ1n) is 4.67. The molecular weight excluding hydrogens is 252 g/mol. The Morgan fingerprint density at radius 2 is 1.93 bits per heavy atom. The van der Waals surface area contributed by atoms with Crippen molar-refractivity contribution < 1.29 is 0 Å². The van der Waals surface area contributed by atoms with Crippen LogP contribution in [0, 0.1) is 0 Å². The molecule has 1 aromatic carbocycles.